The van der Waals surface area contributed by atoms with Gasteiger partial charge in [0, 0.05) is 6.07 Å². The molecule has 0 saturated carbocycles. The van der Waals surface area contributed by atoms with E-state index in [9.17, 15) is 4.79 Å². The monoisotopic (exact) mass is 224 g/mol. The van der Waals surface area contributed by atoms with Crippen molar-refractivity contribution >= 4 is 18.1 Å². The number of rotatable bonds is 3. The maximum atomic E-state index is 11.2. The Morgan fingerprint density at radius 2 is 2.25 bits per heavy atom. The van der Waals surface area contributed by atoms with E-state index in [2.05, 4.69) is 14.9 Å². The summed E-state index contributed by atoms with van der Waals surface area (Å²) in [6.45, 7) is 1.64. The van der Waals surface area contributed by atoms with Crippen LogP contribution in [0.4, 0.5) is 0 Å². The van der Waals surface area contributed by atoms with Crippen molar-refractivity contribution < 1.29 is 13.9 Å². The fourth-order valence-corrected chi connectivity index (χ4v) is 1.03. The Balaban J connectivity index is 2.89. The van der Waals surface area contributed by atoms with E-state index in [0.717, 1.165) is 0 Å². The first-order valence-electron chi connectivity index (χ1n) is 4.35. The van der Waals surface area contributed by atoms with Gasteiger partial charge in [-0.3, -0.25) is 0 Å². The second kappa shape index (κ2) is 4.96. The number of aryl methyl sites for hydroxylation is 1. The summed E-state index contributed by atoms with van der Waals surface area (Å²) < 4.78 is 9.78. The number of methoxy groups -OCH3 is 1. The van der Waals surface area contributed by atoms with Crippen molar-refractivity contribution in [1.82, 2.24) is 0 Å². The maximum absolute atomic E-state index is 11.2. The molecule has 1 aromatic heterocycles. The third-order valence-corrected chi connectivity index (χ3v) is 1.70. The number of carbonyl (C=O) groups excluding carboxylic acids is 1. The molecule has 7 heteroatoms. The van der Waals surface area contributed by atoms with Crippen LogP contribution in [-0.4, -0.2) is 25.3 Å². The fraction of sp³-hybridized carbons (Fsp3) is 0.222. The van der Waals surface area contributed by atoms with Crippen LogP contribution in [0.15, 0.2) is 20.7 Å². The fourth-order valence-electron chi connectivity index (χ4n) is 1.03. The zero-order chi connectivity index (χ0) is 12.1. The van der Waals surface area contributed by atoms with Crippen LogP contribution in [0.2, 0.25) is 0 Å². The van der Waals surface area contributed by atoms with Gasteiger partial charge in [0.05, 0.1) is 13.3 Å². The second-order valence-corrected chi connectivity index (χ2v) is 2.88. The van der Waals surface area contributed by atoms with E-state index in [1.807, 2.05) is 0 Å². The molecule has 0 atom stereocenters. The first-order valence-corrected chi connectivity index (χ1v) is 4.35. The van der Waals surface area contributed by atoms with Crippen LogP contribution in [-0.2, 0) is 4.74 Å². The zero-order valence-corrected chi connectivity index (χ0v) is 8.93. The lowest BCUT2D eigenvalue weighted by Gasteiger charge is -1.93. The number of nitrogens with two attached hydrogens (primary N) is 2. The number of hydrogen-bond donors (Lipinski definition) is 2. The lowest BCUT2D eigenvalue weighted by atomic mass is 10.2. The molecule has 1 aromatic rings. The minimum Gasteiger partial charge on any atom is -0.465 e. The van der Waals surface area contributed by atoms with Crippen LogP contribution < -0.4 is 11.5 Å². The van der Waals surface area contributed by atoms with Gasteiger partial charge in [-0.25, -0.2) is 4.79 Å². The van der Waals surface area contributed by atoms with E-state index in [0.29, 0.717) is 17.1 Å². The summed E-state index contributed by atoms with van der Waals surface area (Å²) in [5.41, 5.74) is 10.5. The molecule has 0 radical (unpaired) electrons. The zero-order valence-electron chi connectivity index (χ0n) is 8.93. The van der Waals surface area contributed by atoms with Gasteiger partial charge in [0.25, 0.3) is 0 Å². The number of hydrogen-bond acceptors (Lipinski definition) is 5. The highest BCUT2D eigenvalue weighted by Crippen LogP contribution is 2.14. The first kappa shape index (κ1) is 11.8. The van der Waals surface area contributed by atoms with Crippen LogP contribution in [0.5, 0.6) is 0 Å². The molecule has 1 rings (SSSR count). The summed E-state index contributed by atoms with van der Waals surface area (Å²) in [6.07, 6.45) is 1.29. The Hall–Kier alpha value is -2.31. The second-order valence-electron chi connectivity index (χ2n) is 2.88. The molecular weight excluding hydrogens is 212 g/mol. The van der Waals surface area contributed by atoms with Gasteiger partial charge in [-0.15, -0.1) is 5.10 Å². The van der Waals surface area contributed by atoms with E-state index in [1.165, 1.54) is 19.4 Å². The first-order chi connectivity index (χ1) is 7.54. The molecule has 0 aliphatic rings. The van der Waals surface area contributed by atoms with Crippen molar-refractivity contribution in [2.45, 2.75) is 6.92 Å². The van der Waals surface area contributed by atoms with E-state index >= 15 is 0 Å². The Kier molecular flexibility index (Phi) is 3.65. The average molecular weight is 224 g/mol. The summed E-state index contributed by atoms with van der Waals surface area (Å²) in [5.74, 6) is 0.177. The van der Waals surface area contributed by atoms with Crippen LogP contribution >= 0.6 is 0 Å². The molecule has 7 nitrogen and oxygen atoms in total. The van der Waals surface area contributed by atoms with Gasteiger partial charge in [0.2, 0.25) is 5.96 Å². The number of guanidine groups is 1. The molecule has 0 saturated heterocycles. The number of ether oxygens (including phenoxy) is 1. The minimum absolute atomic E-state index is 0.160. The molecule has 0 unspecified atom stereocenters. The largest absolute Gasteiger partial charge is 0.465 e. The van der Waals surface area contributed by atoms with Gasteiger partial charge < -0.3 is 20.6 Å². The van der Waals surface area contributed by atoms with E-state index < -0.39 is 5.97 Å². The number of carbonyl (C=O) groups is 1. The number of furan rings is 1. The quantitative estimate of drug-likeness (QED) is 0.324. The highest BCUT2D eigenvalue weighted by molar-refractivity contribution is 5.92. The van der Waals surface area contributed by atoms with E-state index in [1.54, 1.807) is 6.92 Å². The molecule has 0 amide bonds. The van der Waals surface area contributed by atoms with Crippen molar-refractivity contribution in [2.24, 2.45) is 21.7 Å². The Bertz CT molecular complexity index is 444. The smallest absolute Gasteiger partial charge is 0.341 e. The lowest BCUT2D eigenvalue weighted by Crippen LogP contribution is -2.21. The molecule has 0 spiro atoms. The maximum Gasteiger partial charge on any atom is 0.341 e. The third kappa shape index (κ3) is 2.84. The topological polar surface area (TPSA) is 116 Å². The van der Waals surface area contributed by atoms with Crippen molar-refractivity contribution in [3.8, 4) is 0 Å². The summed E-state index contributed by atoms with van der Waals surface area (Å²) in [7, 11) is 1.29. The molecule has 1 heterocycles. The van der Waals surface area contributed by atoms with E-state index in [4.69, 9.17) is 15.9 Å². The highest BCUT2D eigenvalue weighted by atomic mass is 16.5. The molecule has 0 fully saturated rings. The van der Waals surface area contributed by atoms with Gasteiger partial charge in [-0.2, -0.15) is 5.10 Å². The standard InChI is InChI=1S/C9H12N4O3/c1-5-7(8(14)15-2)3-6(16-5)4-12-13-9(10)11/h3-4H,1-2H3,(H4,10,11,13). The normalized spacial score (nSPS) is 10.4. The number of esters is 1. The number of nitrogens with zero attached hydrogens (tertiary/aromatic N) is 2. The van der Waals surface area contributed by atoms with Crippen molar-refractivity contribution in [3.05, 3.63) is 23.2 Å². The van der Waals surface area contributed by atoms with Crippen LogP contribution in [0.3, 0.4) is 0 Å². The minimum atomic E-state index is -0.470. The third-order valence-electron chi connectivity index (χ3n) is 1.70. The Labute approximate surface area is 91.8 Å². The van der Waals surface area contributed by atoms with Crippen molar-refractivity contribution in [2.75, 3.05) is 7.11 Å². The Morgan fingerprint density at radius 3 is 2.81 bits per heavy atom. The molecule has 0 aliphatic carbocycles. The summed E-state index contributed by atoms with van der Waals surface area (Å²) in [6, 6.07) is 1.49. The van der Waals surface area contributed by atoms with Gasteiger partial charge >= 0.3 is 5.97 Å². The molecule has 0 bridgehead atoms. The van der Waals surface area contributed by atoms with Crippen LogP contribution in [0.25, 0.3) is 0 Å². The predicted octanol–water partition coefficient (Wildman–Crippen LogP) is -0.0181. The van der Waals surface area contributed by atoms with Gasteiger partial charge in [0.1, 0.15) is 17.1 Å². The summed E-state index contributed by atoms with van der Waals surface area (Å²) >= 11 is 0. The van der Waals surface area contributed by atoms with Crippen LogP contribution in [0, 0.1) is 6.92 Å². The SMILES string of the molecule is COC(=O)c1cc(C=NN=C(N)N)oc1C. The Morgan fingerprint density at radius 1 is 1.56 bits per heavy atom. The van der Waals surface area contributed by atoms with Gasteiger partial charge in [0.15, 0.2) is 0 Å². The predicted molar refractivity (Wildman–Crippen MR) is 58.2 cm³/mol. The van der Waals surface area contributed by atoms with Gasteiger partial charge in [-0.05, 0) is 6.92 Å². The highest BCUT2D eigenvalue weighted by Gasteiger charge is 2.14. The molecule has 0 aliphatic heterocycles. The lowest BCUT2D eigenvalue weighted by molar-refractivity contribution is 0.0599. The summed E-state index contributed by atoms with van der Waals surface area (Å²) in [4.78, 5) is 11.2. The van der Waals surface area contributed by atoms with E-state index in [-0.39, 0.29) is 5.96 Å². The summed E-state index contributed by atoms with van der Waals surface area (Å²) in [5, 5.41) is 6.94. The van der Waals surface area contributed by atoms with Crippen LogP contribution in [0.1, 0.15) is 21.9 Å². The molecular formula is C9H12N4O3. The molecule has 0 aromatic carbocycles. The molecule has 16 heavy (non-hydrogen) atoms. The van der Waals surface area contributed by atoms with Crippen molar-refractivity contribution in [3.63, 3.8) is 0 Å². The average Bonchev–Trinajstić information content (AvgIpc) is 2.58. The molecule has 4 N–H and O–H groups in total. The molecule has 86 valence electrons. The van der Waals surface area contributed by atoms with Crippen molar-refractivity contribution in [1.29, 1.82) is 0 Å². The van der Waals surface area contributed by atoms with Gasteiger partial charge in [-0.1, -0.05) is 0 Å².